The Morgan fingerprint density at radius 2 is 2.33 bits per heavy atom. The highest BCUT2D eigenvalue weighted by atomic mass is 19.1. The number of nitrogens with one attached hydrogen (secondary N) is 1. The van der Waals surface area contributed by atoms with E-state index in [1.54, 1.807) is 23.1 Å². The molecule has 2 N–H and O–H groups in total. The summed E-state index contributed by atoms with van der Waals surface area (Å²) < 4.78 is 15.3. The van der Waals surface area contributed by atoms with Crippen molar-refractivity contribution in [3.8, 4) is 5.75 Å². The number of nitrogens with zero attached hydrogens (tertiary/aromatic N) is 3. The van der Waals surface area contributed by atoms with E-state index in [0.717, 1.165) is 6.07 Å². The molecule has 0 aliphatic rings. The van der Waals surface area contributed by atoms with E-state index >= 15 is 0 Å². The zero-order chi connectivity index (χ0) is 13.0. The topological polar surface area (TPSA) is 63.0 Å². The third-order valence-electron chi connectivity index (χ3n) is 2.71. The van der Waals surface area contributed by atoms with Gasteiger partial charge in [-0.05, 0) is 13.0 Å². The second kappa shape index (κ2) is 5.59. The Hall–Kier alpha value is -1.95. The van der Waals surface area contributed by atoms with Gasteiger partial charge in [0, 0.05) is 30.4 Å². The standard InChI is InChI=1S/C12H15FN4O/c1-9(11-3-2-10(18)8-12(11)13)14-4-6-17-7-5-15-16-17/h2-3,5,7-9,14,18H,4,6H2,1H3. The molecule has 2 aromatic rings. The first-order chi connectivity index (χ1) is 8.66. The lowest BCUT2D eigenvalue weighted by Crippen LogP contribution is -2.24. The predicted octanol–water partition coefficient (Wildman–Crippen LogP) is 1.47. The molecule has 1 heterocycles. The molecule has 0 spiro atoms. The molecule has 6 heteroatoms. The van der Waals surface area contributed by atoms with Gasteiger partial charge in [-0.1, -0.05) is 11.3 Å². The molecule has 0 aliphatic carbocycles. The summed E-state index contributed by atoms with van der Waals surface area (Å²) in [7, 11) is 0. The molecule has 0 aliphatic heterocycles. The molecule has 0 bridgehead atoms. The van der Waals surface area contributed by atoms with Crippen molar-refractivity contribution in [3.63, 3.8) is 0 Å². The Kier molecular flexibility index (Phi) is 3.88. The Labute approximate surface area is 104 Å². The van der Waals surface area contributed by atoms with Gasteiger partial charge in [0.25, 0.3) is 0 Å². The van der Waals surface area contributed by atoms with Gasteiger partial charge in [-0.2, -0.15) is 0 Å². The molecule has 0 saturated carbocycles. The van der Waals surface area contributed by atoms with Crippen molar-refractivity contribution < 1.29 is 9.50 Å². The molecule has 0 radical (unpaired) electrons. The van der Waals surface area contributed by atoms with Crippen LogP contribution in [0.25, 0.3) is 0 Å². The first-order valence-corrected chi connectivity index (χ1v) is 5.72. The summed E-state index contributed by atoms with van der Waals surface area (Å²) in [6, 6.07) is 4.05. The van der Waals surface area contributed by atoms with Gasteiger partial charge in [-0.25, -0.2) is 4.39 Å². The third kappa shape index (κ3) is 3.04. The van der Waals surface area contributed by atoms with Gasteiger partial charge in [0.15, 0.2) is 0 Å². The van der Waals surface area contributed by atoms with Crippen LogP contribution in [0.15, 0.2) is 30.6 Å². The maximum Gasteiger partial charge on any atom is 0.131 e. The molecule has 18 heavy (non-hydrogen) atoms. The van der Waals surface area contributed by atoms with Crippen molar-refractivity contribution in [2.45, 2.75) is 19.5 Å². The number of benzene rings is 1. The normalized spacial score (nSPS) is 12.6. The quantitative estimate of drug-likeness (QED) is 0.843. The van der Waals surface area contributed by atoms with Crippen molar-refractivity contribution in [2.24, 2.45) is 0 Å². The largest absolute Gasteiger partial charge is 0.508 e. The zero-order valence-electron chi connectivity index (χ0n) is 10.0. The van der Waals surface area contributed by atoms with E-state index in [1.165, 1.54) is 6.07 Å². The van der Waals surface area contributed by atoms with Crippen LogP contribution in [-0.4, -0.2) is 26.6 Å². The van der Waals surface area contributed by atoms with Gasteiger partial charge in [-0.3, -0.25) is 4.68 Å². The zero-order valence-corrected chi connectivity index (χ0v) is 10.0. The number of rotatable bonds is 5. The highest BCUT2D eigenvalue weighted by molar-refractivity contribution is 5.29. The van der Waals surface area contributed by atoms with E-state index < -0.39 is 5.82 Å². The van der Waals surface area contributed by atoms with Crippen LogP contribution in [0, 0.1) is 5.82 Å². The van der Waals surface area contributed by atoms with E-state index in [0.29, 0.717) is 18.7 Å². The molecule has 0 saturated heterocycles. The molecule has 0 amide bonds. The molecule has 0 fully saturated rings. The van der Waals surface area contributed by atoms with Crippen LogP contribution in [0.2, 0.25) is 0 Å². The van der Waals surface area contributed by atoms with Crippen LogP contribution in [0.4, 0.5) is 4.39 Å². The highest BCUT2D eigenvalue weighted by Gasteiger charge is 2.10. The molecule has 2 rings (SSSR count). The number of hydrogen-bond donors (Lipinski definition) is 2. The molecule has 1 aromatic carbocycles. The second-order valence-corrected chi connectivity index (χ2v) is 4.05. The van der Waals surface area contributed by atoms with Crippen molar-refractivity contribution >= 4 is 0 Å². The van der Waals surface area contributed by atoms with E-state index in [4.69, 9.17) is 5.11 Å². The second-order valence-electron chi connectivity index (χ2n) is 4.05. The van der Waals surface area contributed by atoms with Gasteiger partial charge in [0.2, 0.25) is 0 Å². The van der Waals surface area contributed by atoms with Crippen LogP contribution in [0.5, 0.6) is 5.75 Å². The summed E-state index contributed by atoms with van der Waals surface area (Å²) in [5.41, 5.74) is 0.534. The van der Waals surface area contributed by atoms with Crippen LogP contribution >= 0.6 is 0 Å². The Morgan fingerprint density at radius 1 is 1.50 bits per heavy atom. The van der Waals surface area contributed by atoms with Crippen LogP contribution in [-0.2, 0) is 6.54 Å². The number of halogens is 1. The van der Waals surface area contributed by atoms with Gasteiger partial charge in [0.1, 0.15) is 11.6 Å². The van der Waals surface area contributed by atoms with Gasteiger partial charge >= 0.3 is 0 Å². The summed E-state index contributed by atoms with van der Waals surface area (Å²) in [6.45, 7) is 3.20. The SMILES string of the molecule is CC(NCCn1ccnn1)c1ccc(O)cc1F. The summed E-state index contributed by atoms with van der Waals surface area (Å²) in [5.74, 6) is -0.471. The minimum atomic E-state index is -0.407. The van der Waals surface area contributed by atoms with Gasteiger partial charge in [0.05, 0.1) is 12.7 Å². The average Bonchev–Trinajstić information content (AvgIpc) is 2.81. The lowest BCUT2D eigenvalue weighted by Gasteiger charge is -2.15. The first-order valence-electron chi connectivity index (χ1n) is 5.72. The van der Waals surface area contributed by atoms with Crippen LogP contribution in [0.3, 0.4) is 0 Å². The predicted molar refractivity (Wildman–Crippen MR) is 64.5 cm³/mol. The number of aromatic nitrogens is 3. The number of phenolic OH excluding ortho intramolecular Hbond substituents is 1. The Morgan fingerprint density at radius 3 is 3.00 bits per heavy atom. The molecule has 1 aromatic heterocycles. The van der Waals surface area contributed by atoms with E-state index in [9.17, 15) is 4.39 Å². The van der Waals surface area contributed by atoms with Gasteiger partial charge in [-0.15, -0.1) is 5.10 Å². The Balaban J connectivity index is 1.89. The smallest absolute Gasteiger partial charge is 0.131 e. The first kappa shape index (κ1) is 12.5. The molecule has 1 atom stereocenters. The molecule has 1 unspecified atom stereocenters. The van der Waals surface area contributed by atoms with Gasteiger partial charge < -0.3 is 10.4 Å². The summed E-state index contributed by atoms with van der Waals surface area (Å²) in [5, 5.41) is 19.9. The fourth-order valence-corrected chi connectivity index (χ4v) is 1.72. The van der Waals surface area contributed by atoms with E-state index in [1.807, 2.05) is 6.92 Å². The fraction of sp³-hybridized carbons (Fsp3) is 0.333. The molecular formula is C12H15FN4O. The molecular weight excluding hydrogens is 235 g/mol. The molecule has 5 nitrogen and oxygen atoms in total. The lowest BCUT2D eigenvalue weighted by molar-refractivity contribution is 0.459. The average molecular weight is 250 g/mol. The van der Waals surface area contributed by atoms with Crippen molar-refractivity contribution in [3.05, 3.63) is 42.0 Å². The Bertz CT molecular complexity index is 501. The number of hydrogen-bond acceptors (Lipinski definition) is 4. The van der Waals surface area contributed by atoms with E-state index in [2.05, 4.69) is 15.6 Å². The maximum atomic E-state index is 13.6. The maximum absolute atomic E-state index is 13.6. The summed E-state index contributed by atoms with van der Waals surface area (Å²) in [6.07, 6.45) is 3.39. The van der Waals surface area contributed by atoms with Crippen molar-refractivity contribution in [2.75, 3.05) is 6.54 Å². The van der Waals surface area contributed by atoms with Crippen LogP contribution < -0.4 is 5.32 Å². The molecule has 96 valence electrons. The monoisotopic (exact) mass is 250 g/mol. The minimum Gasteiger partial charge on any atom is -0.508 e. The summed E-state index contributed by atoms with van der Waals surface area (Å²) >= 11 is 0. The highest BCUT2D eigenvalue weighted by Crippen LogP contribution is 2.20. The third-order valence-corrected chi connectivity index (χ3v) is 2.71. The number of aromatic hydroxyl groups is 1. The number of phenols is 1. The summed E-state index contributed by atoms with van der Waals surface area (Å²) in [4.78, 5) is 0. The van der Waals surface area contributed by atoms with Crippen molar-refractivity contribution in [1.82, 2.24) is 20.3 Å². The van der Waals surface area contributed by atoms with E-state index in [-0.39, 0.29) is 11.8 Å². The lowest BCUT2D eigenvalue weighted by atomic mass is 10.1. The minimum absolute atomic E-state index is 0.0638. The fourth-order valence-electron chi connectivity index (χ4n) is 1.72. The van der Waals surface area contributed by atoms with Crippen molar-refractivity contribution in [1.29, 1.82) is 0 Å². The van der Waals surface area contributed by atoms with Crippen LogP contribution in [0.1, 0.15) is 18.5 Å².